The number of nitro groups is 1. The topological polar surface area (TPSA) is 89.4 Å². The molecule has 1 atom stereocenters. The van der Waals surface area contributed by atoms with Gasteiger partial charge in [-0.3, -0.25) is 5.01 Å². The van der Waals surface area contributed by atoms with Gasteiger partial charge in [0.1, 0.15) is 12.2 Å². The first kappa shape index (κ1) is 17.9. The predicted octanol–water partition coefficient (Wildman–Crippen LogP) is 3.27. The van der Waals surface area contributed by atoms with Gasteiger partial charge in [-0.05, 0) is 18.3 Å². The molecule has 25 heavy (non-hydrogen) atoms. The summed E-state index contributed by atoms with van der Waals surface area (Å²) in [6.45, 7) is 5.84. The van der Waals surface area contributed by atoms with Crippen LogP contribution in [0.5, 0.6) is 0 Å². The highest BCUT2D eigenvalue weighted by Gasteiger charge is 2.27. The van der Waals surface area contributed by atoms with E-state index < -0.39 is 4.92 Å². The Kier molecular flexibility index (Phi) is 5.69. The lowest BCUT2D eigenvalue weighted by Gasteiger charge is -2.22. The Hall–Kier alpha value is -1.94. The smallest absolute Gasteiger partial charge is 0.343 e. The first-order valence-corrected chi connectivity index (χ1v) is 10.2. The summed E-state index contributed by atoms with van der Waals surface area (Å²) in [6, 6.07) is -0.0234. The normalized spacial score (nSPS) is 16.5. The Balaban J connectivity index is 1.84. The van der Waals surface area contributed by atoms with Crippen molar-refractivity contribution in [1.82, 2.24) is 19.5 Å². The summed E-state index contributed by atoms with van der Waals surface area (Å²) >= 11 is 3.36. The standard InChI is InChI=1S/C15H20N6O2S2/c1-3-11(2)20-13(21(22)23)9-16-14(20)15-18-12(10-25-15)8-17-19-4-6-24-7-5-19/h8-11H,3-7H2,1-2H3. The fourth-order valence-corrected chi connectivity index (χ4v) is 4.16. The Morgan fingerprint density at radius 1 is 1.48 bits per heavy atom. The van der Waals surface area contributed by atoms with Crippen molar-refractivity contribution >= 4 is 35.1 Å². The van der Waals surface area contributed by atoms with E-state index in [9.17, 15) is 10.1 Å². The van der Waals surface area contributed by atoms with Crippen molar-refractivity contribution in [3.63, 3.8) is 0 Å². The lowest BCUT2D eigenvalue weighted by Crippen LogP contribution is -2.27. The van der Waals surface area contributed by atoms with Crippen LogP contribution in [0.2, 0.25) is 0 Å². The van der Waals surface area contributed by atoms with Crippen LogP contribution >= 0.6 is 23.1 Å². The van der Waals surface area contributed by atoms with Crippen LogP contribution in [0.3, 0.4) is 0 Å². The molecular formula is C15H20N6O2S2. The summed E-state index contributed by atoms with van der Waals surface area (Å²) in [7, 11) is 0. The van der Waals surface area contributed by atoms with Gasteiger partial charge in [-0.2, -0.15) is 16.9 Å². The number of hydrogen-bond acceptors (Lipinski definition) is 8. The molecule has 0 saturated carbocycles. The number of thiazole rings is 1. The maximum atomic E-state index is 11.3. The van der Waals surface area contributed by atoms with Crippen molar-refractivity contribution < 1.29 is 4.92 Å². The molecule has 1 saturated heterocycles. The minimum Gasteiger partial charge on any atom is -0.358 e. The Bertz CT molecular complexity index is 766. The van der Waals surface area contributed by atoms with Gasteiger partial charge in [0.05, 0.1) is 11.9 Å². The average Bonchev–Trinajstić information content (AvgIpc) is 3.26. The van der Waals surface area contributed by atoms with Crippen molar-refractivity contribution in [3.05, 3.63) is 27.4 Å². The number of hydrazone groups is 1. The molecule has 2 aromatic heterocycles. The summed E-state index contributed by atoms with van der Waals surface area (Å²) in [4.78, 5) is 19.7. The number of hydrogen-bond donors (Lipinski definition) is 0. The second kappa shape index (κ2) is 7.96. The molecule has 0 radical (unpaired) electrons. The van der Waals surface area contributed by atoms with Gasteiger partial charge >= 0.3 is 5.82 Å². The fourth-order valence-electron chi connectivity index (χ4n) is 2.52. The van der Waals surface area contributed by atoms with Crippen LogP contribution in [0.1, 0.15) is 32.0 Å². The number of rotatable bonds is 6. The minimum absolute atomic E-state index is 0.000541. The Morgan fingerprint density at radius 2 is 2.24 bits per heavy atom. The molecule has 0 N–H and O–H groups in total. The Morgan fingerprint density at radius 3 is 2.92 bits per heavy atom. The van der Waals surface area contributed by atoms with Gasteiger partial charge in [-0.15, -0.1) is 11.3 Å². The van der Waals surface area contributed by atoms with Crippen LogP contribution in [0.15, 0.2) is 16.7 Å². The van der Waals surface area contributed by atoms with Gasteiger partial charge in [0.2, 0.25) is 0 Å². The zero-order valence-electron chi connectivity index (χ0n) is 14.2. The molecule has 0 spiro atoms. The lowest BCUT2D eigenvalue weighted by molar-refractivity contribution is -0.392. The molecule has 0 amide bonds. The highest BCUT2D eigenvalue weighted by Crippen LogP contribution is 2.30. The van der Waals surface area contributed by atoms with E-state index in [0.29, 0.717) is 10.8 Å². The third-order valence-corrected chi connectivity index (χ3v) is 5.85. The van der Waals surface area contributed by atoms with E-state index in [2.05, 4.69) is 15.1 Å². The third kappa shape index (κ3) is 4.01. The van der Waals surface area contributed by atoms with Crippen molar-refractivity contribution in [3.8, 4) is 10.8 Å². The van der Waals surface area contributed by atoms with Gasteiger partial charge in [0.15, 0.2) is 5.01 Å². The average molecular weight is 380 g/mol. The molecule has 1 aliphatic rings. The van der Waals surface area contributed by atoms with E-state index in [-0.39, 0.29) is 11.9 Å². The zero-order chi connectivity index (χ0) is 17.8. The lowest BCUT2D eigenvalue weighted by atomic mass is 10.2. The van der Waals surface area contributed by atoms with Crippen LogP contribution in [0.25, 0.3) is 10.8 Å². The van der Waals surface area contributed by atoms with E-state index in [0.717, 1.165) is 36.7 Å². The Labute approximate surface area is 154 Å². The monoisotopic (exact) mass is 380 g/mol. The number of imidazole rings is 1. The zero-order valence-corrected chi connectivity index (χ0v) is 15.8. The fraction of sp³-hybridized carbons (Fsp3) is 0.533. The minimum atomic E-state index is -0.396. The maximum Gasteiger partial charge on any atom is 0.343 e. The molecule has 10 heteroatoms. The first-order chi connectivity index (χ1) is 12.1. The van der Waals surface area contributed by atoms with Crippen molar-refractivity contribution in [1.29, 1.82) is 0 Å². The van der Waals surface area contributed by atoms with Crippen LogP contribution in [0.4, 0.5) is 5.82 Å². The highest BCUT2D eigenvalue weighted by molar-refractivity contribution is 7.99. The largest absolute Gasteiger partial charge is 0.358 e. The summed E-state index contributed by atoms with van der Waals surface area (Å²) in [5, 5.41) is 20.4. The number of nitrogens with zero attached hydrogens (tertiary/aromatic N) is 6. The van der Waals surface area contributed by atoms with Gasteiger partial charge in [0, 0.05) is 30.0 Å². The highest BCUT2D eigenvalue weighted by atomic mass is 32.2. The molecule has 0 bridgehead atoms. The molecule has 1 unspecified atom stereocenters. The SMILES string of the molecule is CCC(C)n1c([N+](=O)[O-])cnc1-c1nc(C=NN2CCSCC2)cs1. The molecule has 1 fully saturated rings. The molecule has 2 aromatic rings. The summed E-state index contributed by atoms with van der Waals surface area (Å²) in [5.74, 6) is 2.73. The summed E-state index contributed by atoms with van der Waals surface area (Å²) in [5.41, 5.74) is 0.750. The van der Waals surface area contributed by atoms with Crippen LogP contribution in [0, 0.1) is 10.1 Å². The third-order valence-electron chi connectivity index (χ3n) is 4.05. The molecule has 1 aliphatic heterocycles. The molecule has 134 valence electrons. The molecule has 3 rings (SSSR count). The van der Waals surface area contributed by atoms with E-state index in [1.165, 1.54) is 17.5 Å². The molecule has 8 nitrogen and oxygen atoms in total. The van der Waals surface area contributed by atoms with Gasteiger partial charge in [-0.25, -0.2) is 14.5 Å². The second-order valence-electron chi connectivity index (χ2n) is 5.71. The molecular weight excluding hydrogens is 360 g/mol. The van der Waals surface area contributed by atoms with Gasteiger partial charge in [0.25, 0.3) is 5.82 Å². The van der Waals surface area contributed by atoms with Crippen LogP contribution in [-0.4, -0.2) is 55.3 Å². The van der Waals surface area contributed by atoms with Crippen molar-refractivity contribution in [2.75, 3.05) is 24.6 Å². The van der Waals surface area contributed by atoms with Crippen molar-refractivity contribution in [2.45, 2.75) is 26.3 Å². The maximum absolute atomic E-state index is 11.3. The quantitative estimate of drug-likeness (QED) is 0.434. The van der Waals surface area contributed by atoms with Gasteiger partial charge in [-0.1, -0.05) is 6.92 Å². The molecule has 0 aliphatic carbocycles. The predicted molar refractivity (Wildman–Crippen MR) is 101 cm³/mol. The van der Waals surface area contributed by atoms with Crippen LogP contribution < -0.4 is 0 Å². The van der Waals surface area contributed by atoms with E-state index in [4.69, 9.17) is 0 Å². The summed E-state index contributed by atoms with van der Waals surface area (Å²) in [6.07, 6.45) is 3.83. The second-order valence-corrected chi connectivity index (χ2v) is 7.80. The van der Waals surface area contributed by atoms with E-state index >= 15 is 0 Å². The van der Waals surface area contributed by atoms with Gasteiger partial charge < -0.3 is 10.1 Å². The summed E-state index contributed by atoms with van der Waals surface area (Å²) < 4.78 is 1.65. The van der Waals surface area contributed by atoms with Crippen molar-refractivity contribution in [2.24, 2.45) is 5.10 Å². The molecule has 0 aromatic carbocycles. The van der Waals surface area contributed by atoms with E-state index in [1.54, 1.807) is 10.8 Å². The first-order valence-electron chi connectivity index (χ1n) is 8.14. The molecule has 3 heterocycles. The van der Waals surface area contributed by atoms with E-state index in [1.807, 2.05) is 36.0 Å². The number of thioether (sulfide) groups is 1. The number of aromatic nitrogens is 3. The van der Waals surface area contributed by atoms with Crippen LogP contribution in [-0.2, 0) is 0 Å².